The number of anilines is 3. The van der Waals surface area contributed by atoms with Crippen LogP contribution >= 0.6 is 42.2 Å². The molecule has 21 nitrogen and oxygen atoms in total. The Hall–Kier alpha value is -5.88. The van der Waals surface area contributed by atoms with E-state index < -0.39 is 65.8 Å². The lowest BCUT2D eigenvalue weighted by molar-refractivity contribution is -0.385. The molecule has 1 heterocycles. The summed E-state index contributed by atoms with van der Waals surface area (Å²) in [5, 5.41) is 25.4. The fourth-order valence-electron chi connectivity index (χ4n) is 5.99. The summed E-state index contributed by atoms with van der Waals surface area (Å²) in [5.41, 5.74) is 6.04. The molecular weight excluding hydrogens is 1080 g/mol. The number of carboxylic acid groups (broad SMARTS) is 1. The first kappa shape index (κ1) is 67.1. The van der Waals surface area contributed by atoms with E-state index in [1.54, 1.807) is 12.0 Å². The number of nitro benzene ring substituents is 1. The van der Waals surface area contributed by atoms with Crippen molar-refractivity contribution in [3.8, 4) is 11.5 Å². The minimum atomic E-state index is -4.61. The van der Waals surface area contributed by atoms with E-state index in [1.165, 1.54) is 13.6 Å². The number of methoxy groups -OCH3 is 1. The molecule has 0 fully saturated rings. The molecule has 0 aliphatic carbocycles. The lowest BCUT2D eigenvalue weighted by Crippen LogP contribution is -2.43. The number of aliphatic carboxylic acids is 1. The molecule has 4 rings (SSSR count). The lowest BCUT2D eigenvalue weighted by Gasteiger charge is -2.31. The van der Waals surface area contributed by atoms with Gasteiger partial charge in [0.1, 0.15) is 29.0 Å². The van der Waals surface area contributed by atoms with Gasteiger partial charge in [-0.1, -0.05) is 36.7 Å². The van der Waals surface area contributed by atoms with E-state index >= 15 is 0 Å². The van der Waals surface area contributed by atoms with Crippen molar-refractivity contribution in [1.82, 2.24) is 15.0 Å². The molecule has 0 saturated carbocycles. The van der Waals surface area contributed by atoms with Crippen molar-refractivity contribution in [2.45, 2.75) is 92.0 Å². The van der Waals surface area contributed by atoms with E-state index in [2.05, 4.69) is 43.3 Å². The van der Waals surface area contributed by atoms with Crippen LogP contribution in [-0.4, -0.2) is 123 Å². The molecule has 75 heavy (non-hydrogen) atoms. The second-order valence-electron chi connectivity index (χ2n) is 16.9. The Balaban J connectivity index is 0.000000538. The number of nitrogens with two attached hydrogens (primary N) is 1. The number of nitrogens with one attached hydrogen (secondary N) is 2. The fourth-order valence-corrected chi connectivity index (χ4v) is 7.26. The van der Waals surface area contributed by atoms with E-state index in [9.17, 15) is 47.0 Å². The maximum Gasteiger partial charge on any atom is 0.416 e. The molecule has 3 aromatic carbocycles. The van der Waals surface area contributed by atoms with Crippen LogP contribution in [0.3, 0.4) is 0 Å². The Morgan fingerprint density at radius 2 is 1.63 bits per heavy atom. The number of alkyl halides is 4. The lowest BCUT2D eigenvalue weighted by atomic mass is 10.0. The number of nitro groups is 1. The largest absolute Gasteiger partial charge is 0.480 e. The Morgan fingerprint density at radius 1 is 0.987 bits per heavy atom. The molecule has 1 amide bonds. The highest BCUT2D eigenvalue weighted by molar-refractivity contribution is 7.57. The van der Waals surface area contributed by atoms with Gasteiger partial charge in [0.15, 0.2) is 14.0 Å². The maximum atomic E-state index is 12.7. The second kappa shape index (κ2) is 31.9. The van der Waals surface area contributed by atoms with Gasteiger partial charge in [0, 0.05) is 44.2 Å². The number of carboxylic acids is 1. The van der Waals surface area contributed by atoms with Crippen LogP contribution in [0.15, 0.2) is 54.6 Å². The highest BCUT2D eigenvalue weighted by Gasteiger charge is 2.31. The van der Waals surface area contributed by atoms with Crippen molar-refractivity contribution in [2.24, 2.45) is 5.73 Å². The average molecular weight is 1140 g/mol. The summed E-state index contributed by atoms with van der Waals surface area (Å²) in [5.74, 6) is -2.63. The molecule has 416 valence electrons. The number of halogens is 6. The molecule has 0 bridgehead atoms. The molecule has 0 radical (unpaired) electrons. The van der Waals surface area contributed by atoms with Crippen molar-refractivity contribution in [1.29, 1.82) is 0 Å². The monoisotopic (exact) mass is 1140 g/mol. The number of rotatable bonds is 20. The zero-order chi connectivity index (χ0) is 57.4. The van der Waals surface area contributed by atoms with Gasteiger partial charge in [-0.25, -0.2) is 9.59 Å². The SMILES string of the molecule is CCNc1nc(Cl)nc(NC(C)(C)C)n1.CCOC(=O)COC(=O)c1cc(Oc2ccc(C(F)(F)F)cc2Cl)ccc1[N+](=O)[O-].CCc1cccc(C)c1N(C(=O)CCl)C(C)COC.CP(=O)(O)CCC(N)C(=O)O. The van der Waals surface area contributed by atoms with E-state index in [-0.39, 0.29) is 64.4 Å². The summed E-state index contributed by atoms with van der Waals surface area (Å²) in [6.45, 7) is 17.4. The highest BCUT2D eigenvalue weighted by Crippen LogP contribution is 2.38. The van der Waals surface area contributed by atoms with Crippen LogP contribution in [0.1, 0.15) is 81.9 Å². The molecule has 1 aromatic heterocycles. The van der Waals surface area contributed by atoms with Gasteiger partial charge in [-0.15, -0.1) is 11.6 Å². The van der Waals surface area contributed by atoms with Gasteiger partial charge in [-0.3, -0.25) is 24.3 Å². The molecule has 3 atom stereocenters. The number of hydrogen-bond donors (Lipinski definition) is 5. The molecular formula is C47H63Cl3F3N8O13P. The highest BCUT2D eigenvalue weighted by atomic mass is 35.5. The van der Waals surface area contributed by atoms with Gasteiger partial charge in [-0.2, -0.15) is 28.1 Å². The minimum Gasteiger partial charge on any atom is -0.480 e. The van der Waals surface area contributed by atoms with Crippen LogP contribution in [0.4, 0.5) is 36.4 Å². The minimum absolute atomic E-state index is 0.0223. The maximum absolute atomic E-state index is 12.7. The molecule has 0 aliphatic heterocycles. The zero-order valence-corrected chi connectivity index (χ0v) is 46.1. The van der Waals surface area contributed by atoms with Crippen LogP contribution < -0.4 is 26.0 Å². The molecule has 0 aliphatic rings. The van der Waals surface area contributed by atoms with Gasteiger partial charge in [0.05, 0.1) is 40.5 Å². The second-order valence-corrected chi connectivity index (χ2v) is 20.4. The number of amides is 1. The number of aryl methyl sites for hydroxylation is 2. The van der Waals surface area contributed by atoms with Crippen LogP contribution in [0.2, 0.25) is 10.3 Å². The van der Waals surface area contributed by atoms with Gasteiger partial charge >= 0.3 is 24.1 Å². The van der Waals surface area contributed by atoms with Crippen LogP contribution in [0, 0.1) is 17.0 Å². The molecule has 0 saturated heterocycles. The summed E-state index contributed by atoms with van der Waals surface area (Å²) in [6.07, 6.45) is -3.73. The van der Waals surface area contributed by atoms with Gasteiger partial charge in [0.2, 0.25) is 23.1 Å². The predicted molar refractivity (Wildman–Crippen MR) is 280 cm³/mol. The van der Waals surface area contributed by atoms with E-state index in [1.807, 2.05) is 53.7 Å². The first-order valence-electron chi connectivity index (χ1n) is 22.6. The Labute approximate surface area is 447 Å². The predicted octanol–water partition coefficient (Wildman–Crippen LogP) is 9.80. The van der Waals surface area contributed by atoms with Crippen molar-refractivity contribution in [2.75, 3.05) is 67.7 Å². The van der Waals surface area contributed by atoms with Crippen molar-refractivity contribution >= 4 is 89.3 Å². The molecule has 6 N–H and O–H groups in total. The summed E-state index contributed by atoms with van der Waals surface area (Å²) in [4.78, 5) is 78.7. The van der Waals surface area contributed by atoms with Gasteiger partial charge < -0.3 is 50.2 Å². The Kier molecular flexibility index (Phi) is 28.5. The molecule has 4 aromatic rings. The first-order chi connectivity index (χ1) is 34.8. The average Bonchev–Trinajstić information content (AvgIpc) is 3.30. The quantitative estimate of drug-likeness (QED) is 0.0181. The van der Waals surface area contributed by atoms with Crippen LogP contribution in [-0.2, 0) is 45.8 Å². The first-order valence-corrected chi connectivity index (χ1v) is 26.2. The standard InChI is InChI=1S/C18H13ClF3NO7.C15H22ClNO2.C9H16ClN5.C5H12NO4P/c1-2-28-16(24)9-29-17(25)12-8-11(4-5-14(12)23(26)27)30-15-6-3-10(7-13(15)19)18(20,21)22;1-5-13-8-6-7-11(2)15(13)17(14(18)9-16)12(3)10-19-4;1-5-11-7-12-6(10)13-8(14-7)15-9(2,3)4;1-11(9,10)3-2-4(6)5(7)8/h3-8H,2,9H2,1H3;6-8,12H,5,9-10H2,1-4H3;5H2,1-4H3,(H2,11,12,13,14,15);4H,2-3,6H2,1H3,(H,7,8)(H,9,10). The summed E-state index contributed by atoms with van der Waals surface area (Å²) < 4.78 is 68.6. The third-order valence-electron chi connectivity index (χ3n) is 9.27. The summed E-state index contributed by atoms with van der Waals surface area (Å²) in [7, 11) is -1.47. The third kappa shape index (κ3) is 25.0. The Bertz CT molecular complexity index is 2590. The van der Waals surface area contributed by atoms with Gasteiger partial charge in [0.25, 0.3) is 5.69 Å². The van der Waals surface area contributed by atoms with Crippen molar-refractivity contribution < 1.29 is 70.8 Å². The number of aromatic nitrogens is 3. The van der Waals surface area contributed by atoms with Crippen molar-refractivity contribution in [3.05, 3.63) is 97.3 Å². The number of ether oxygens (including phenoxy) is 4. The number of hydrogen-bond acceptors (Lipinski definition) is 17. The zero-order valence-electron chi connectivity index (χ0n) is 42.9. The van der Waals surface area contributed by atoms with E-state index in [0.29, 0.717) is 24.6 Å². The van der Waals surface area contributed by atoms with Crippen LogP contribution in [0.25, 0.3) is 0 Å². The molecule has 0 spiro atoms. The Morgan fingerprint density at radius 3 is 2.13 bits per heavy atom. The third-order valence-corrected chi connectivity index (χ3v) is 11.1. The number of benzene rings is 3. The molecule has 3 unspecified atom stereocenters. The fraction of sp³-hybridized carbons (Fsp3) is 0.468. The normalized spacial score (nSPS) is 12.5. The van der Waals surface area contributed by atoms with E-state index in [4.69, 9.17) is 64.7 Å². The summed E-state index contributed by atoms with van der Waals surface area (Å²) in [6, 6.07) is 10.4. The van der Waals surface area contributed by atoms with E-state index in [0.717, 1.165) is 60.1 Å². The smallest absolute Gasteiger partial charge is 0.416 e. The number of carbonyl (C=O) groups is 4. The number of nitrogens with zero attached hydrogens (tertiary/aromatic N) is 5. The van der Waals surface area contributed by atoms with Crippen LogP contribution in [0.5, 0.6) is 11.5 Å². The number of para-hydroxylation sites is 1. The number of carbonyl (C=O) groups excluding carboxylic acids is 3. The van der Waals surface area contributed by atoms with Crippen molar-refractivity contribution in [3.63, 3.8) is 0 Å². The van der Waals surface area contributed by atoms with Gasteiger partial charge in [-0.05, 0) is 108 Å². The molecule has 28 heteroatoms. The topological polar surface area (TPSA) is 298 Å². The summed E-state index contributed by atoms with van der Waals surface area (Å²) >= 11 is 17.3. The number of esters is 2.